The largest absolute Gasteiger partial charge is 3.00 e. The van der Waals surface area contributed by atoms with Crippen molar-refractivity contribution in [3.63, 3.8) is 0 Å². The summed E-state index contributed by atoms with van der Waals surface area (Å²) < 4.78 is 0. The van der Waals surface area contributed by atoms with Gasteiger partial charge in [-0.3, -0.25) is 0 Å². The van der Waals surface area contributed by atoms with E-state index in [1.165, 1.54) is 0 Å². The van der Waals surface area contributed by atoms with Gasteiger partial charge in [0.05, 0.1) is 0 Å². The van der Waals surface area contributed by atoms with E-state index >= 15 is 0 Å². The number of hydrogen-bond acceptors (Lipinski definition) is 1. The van der Waals surface area contributed by atoms with Crippen LogP contribution in [0, 0.1) is 58.9 Å². The van der Waals surface area contributed by atoms with Crippen molar-refractivity contribution in [1.82, 2.24) is 5.32 Å². The summed E-state index contributed by atoms with van der Waals surface area (Å²) in [6.45, 7) is 11.2. The molecule has 3 rings (SSSR count). The van der Waals surface area contributed by atoms with E-state index in [4.69, 9.17) is 0 Å². The van der Waals surface area contributed by atoms with E-state index in [9.17, 15) is 0 Å². The molecule has 3 aromatic carbocycles. The van der Waals surface area contributed by atoms with Crippen molar-refractivity contribution in [2.45, 2.75) is 0 Å². The number of hydrogen-bond donors (Lipinski definition) is 1. The predicted molar refractivity (Wildman–Crippen MR) is 108 cm³/mol. The normalized spacial score (nSPS) is 7.92. The molecule has 0 saturated heterocycles. The third kappa shape index (κ3) is 18.7. The molecular weight excluding hydrogens is 453 g/mol. The fraction of sp³-hybridized carbons (Fsp3) is 0.0870. The molecule has 0 aliphatic carbocycles. The molecule has 0 heterocycles. The predicted octanol–water partition coefficient (Wildman–Crippen LogP) is 5.44. The molecule has 1 nitrogen and oxygen atoms in total. The molecule has 2 heteroatoms. The zero-order valence-electron chi connectivity index (χ0n) is 15.1. The summed E-state index contributed by atoms with van der Waals surface area (Å²) in [5.41, 5.74) is 3.22. The molecule has 0 aliphatic rings. The SMILES string of the molecule is CNC.[CH2-]c1ccccc1.[CH2-]c1ccccc1.[CH2-]c1ccccc1.[Dy+3]. The summed E-state index contributed by atoms with van der Waals surface area (Å²) >= 11 is 0. The molecule has 0 aliphatic heterocycles. The zero-order valence-corrected chi connectivity index (χ0v) is 17.1. The van der Waals surface area contributed by atoms with Crippen LogP contribution < -0.4 is 5.32 Å². The van der Waals surface area contributed by atoms with E-state index in [1.807, 2.05) is 105 Å². The first-order valence-corrected chi connectivity index (χ1v) is 7.79. The van der Waals surface area contributed by atoms with E-state index in [-0.39, 0.29) is 38.2 Å². The zero-order chi connectivity index (χ0) is 18.0. The van der Waals surface area contributed by atoms with Gasteiger partial charge in [0.1, 0.15) is 0 Å². The number of benzene rings is 3. The average molecular weight is 481 g/mol. The van der Waals surface area contributed by atoms with Crippen molar-refractivity contribution in [1.29, 1.82) is 0 Å². The van der Waals surface area contributed by atoms with Crippen LogP contribution in [0.15, 0.2) is 91.0 Å². The second-order valence-corrected chi connectivity index (χ2v) is 4.96. The molecule has 0 bridgehead atoms. The molecule has 0 spiro atoms. The van der Waals surface area contributed by atoms with Gasteiger partial charge >= 0.3 is 38.2 Å². The second kappa shape index (κ2) is 18.8. The molecule has 0 unspecified atom stereocenters. The molecule has 0 atom stereocenters. The summed E-state index contributed by atoms with van der Waals surface area (Å²) in [6, 6.07) is 29.6. The Labute approximate surface area is 184 Å². The minimum Gasteiger partial charge on any atom is -0.323 e. The molecule has 1 N–H and O–H groups in total. The summed E-state index contributed by atoms with van der Waals surface area (Å²) in [7, 11) is 3.75. The molecule has 25 heavy (non-hydrogen) atoms. The first kappa shape index (κ1) is 25.7. The van der Waals surface area contributed by atoms with Crippen LogP contribution in [0.1, 0.15) is 16.7 Å². The molecule has 135 valence electrons. The Hall–Kier alpha value is -1.50. The van der Waals surface area contributed by atoms with Gasteiger partial charge in [0.15, 0.2) is 0 Å². The summed E-state index contributed by atoms with van der Waals surface area (Å²) in [5.74, 6) is 0. The van der Waals surface area contributed by atoms with Crippen LogP contribution in [0.2, 0.25) is 0 Å². The molecule has 0 fully saturated rings. The fourth-order valence-electron chi connectivity index (χ4n) is 1.43. The summed E-state index contributed by atoms with van der Waals surface area (Å²) in [4.78, 5) is 0. The van der Waals surface area contributed by atoms with Gasteiger partial charge in [-0.05, 0) is 14.1 Å². The standard InChI is InChI=1S/3C7H7.C2H7N.Dy/c3*1-7-5-3-2-4-6-7;1-3-2;/h3*2-6H,1H2;3H,1-2H3;/q3*-1;;+3. The number of rotatable bonds is 0. The van der Waals surface area contributed by atoms with E-state index in [2.05, 4.69) is 26.1 Å². The van der Waals surface area contributed by atoms with Crippen LogP contribution in [0.25, 0.3) is 0 Å². The van der Waals surface area contributed by atoms with E-state index in [0.717, 1.165) is 16.7 Å². The first-order chi connectivity index (χ1) is 11.6. The van der Waals surface area contributed by atoms with Gasteiger partial charge in [0.25, 0.3) is 0 Å². The van der Waals surface area contributed by atoms with Gasteiger partial charge in [-0.1, -0.05) is 18.2 Å². The summed E-state index contributed by atoms with van der Waals surface area (Å²) in [6.07, 6.45) is 0. The van der Waals surface area contributed by atoms with Crippen LogP contribution in [-0.2, 0) is 0 Å². The fourth-order valence-corrected chi connectivity index (χ4v) is 1.43. The van der Waals surface area contributed by atoms with Gasteiger partial charge in [0, 0.05) is 0 Å². The minimum absolute atomic E-state index is 0. The molecule has 3 aromatic rings. The third-order valence-electron chi connectivity index (χ3n) is 2.53. The molecule has 0 aromatic heterocycles. The van der Waals surface area contributed by atoms with Crippen LogP contribution in [-0.4, -0.2) is 14.1 Å². The minimum atomic E-state index is 0. The Morgan fingerprint density at radius 2 is 0.640 bits per heavy atom. The Bertz CT molecular complexity index is 506. The summed E-state index contributed by atoms with van der Waals surface area (Å²) in [5, 5.41) is 2.75. The van der Waals surface area contributed by atoms with Crippen LogP contribution >= 0.6 is 0 Å². The molecule has 0 amide bonds. The van der Waals surface area contributed by atoms with Crippen molar-refractivity contribution in [3.8, 4) is 0 Å². The van der Waals surface area contributed by atoms with Gasteiger partial charge in [0.2, 0.25) is 0 Å². The van der Waals surface area contributed by atoms with Crippen LogP contribution in [0.3, 0.4) is 0 Å². The van der Waals surface area contributed by atoms with Crippen molar-refractivity contribution in [3.05, 3.63) is 128 Å². The maximum Gasteiger partial charge on any atom is 3.00 e. The molecular formula is C23H28DyN. The van der Waals surface area contributed by atoms with Crippen molar-refractivity contribution in [2.24, 2.45) is 0 Å². The van der Waals surface area contributed by atoms with Crippen molar-refractivity contribution >= 4 is 0 Å². The quantitative estimate of drug-likeness (QED) is 0.422. The second-order valence-electron chi connectivity index (χ2n) is 4.96. The van der Waals surface area contributed by atoms with E-state index in [0.29, 0.717) is 0 Å². The maximum atomic E-state index is 3.72. The first-order valence-electron chi connectivity index (χ1n) is 7.79. The van der Waals surface area contributed by atoms with E-state index < -0.39 is 0 Å². The smallest absolute Gasteiger partial charge is 0.323 e. The Morgan fingerprint density at radius 1 is 0.480 bits per heavy atom. The van der Waals surface area contributed by atoms with E-state index in [1.54, 1.807) is 0 Å². The third-order valence-corrected chi connectivity index (χ3v) is 2.53. The Morgan fingerprint density at radius 3 is 0.720 bits per heavy atom. The Kier molecular flexibility index (Phi) is 19.4. The van der Waals surface area contributed by atoms with Gasteiger partial charge in [-0.15, -0.1) is 36.4 Å². The molecule has 0 saturated carbocycles. The van der Waals surface area contributed by atoms with Crippen LogP contribution in [0.5, 0.6) is 0 Å². The van der Waals surface area contributed by atoms with Gasteiger partial charge < -0.3 is 5.32 Å². The van der Waals surface area contributed by atoms with Gasteiger partial charge in [-0.25, -0.2) is 0 Å². The van der Waals surface area contributed by atoms with Crippen molar-refractivity contribution in [2.75, 3.05) is 14.1 Å². The van der Waals surface area contributed by atoms with Crippen LogP contribution in [0.4, 0.5) is 0 Å². The Balaban J connectivity index is 0. The number of nitrogens with one attached hydrogen (secondary N) is 1. The topological polar surface area (TPSA) is 12.0 Å². The van der Waals surface area contributed by atoms with Gasteiger partial charge in [-0.2, -0.15) is 73.9 Å². The molecule has 1 radical (unpaired) electrons. The maximum absolute atomic E-state index is 3.72. The monoisotopic (exact) mass is 482 g/mol. The van der Waals surface area contributed by atoms with Crippen molar-refractivity contribution < 1.29 is 38.2 Å². The average Bonchev–Trinajstić information content (AvgIpc) is 2.59.